The van der Waals surface area contributed by atoms with Crippen LogP contribution in [0.4, 0.5) is 17.6 Å². The van der Waals surface area contributed by atoms with Gasteiger partial charge in [0.15, 0.2) is 0 Å². The van der Waals surface area contributed by atoms with Gasteiger partial charge in [-0.05, 0) is 30.5 Å². The molecule has 0 spiro atoms. The van der Waals surface area contributed by atoms with Crippen molar-refractivity contribution in [2.75, 3.05) is 26.2 Å². The van der Waals surface area contributed by atoms with Gasteiger partial charge in [-0.25, -0.2) is 12.8 Å². The fourth-order valence-corrected chi connectivity index (χ4v) is 4.28. The number of rotatable bonds is 5. The Morgan fingerprint density at radius 1 is 1.15 bits per heavy atom. The van der Waals surface area contributed by atoms with Gasteiger partial charge in [-0.3, -0.25) is 4.79 Å². The number of sulfonamides is 1. The first-order valence-corrected chi connectivity index (χ1v) is 10.0. The summed E-state index contributed by atoms with van der Waals surface area (Å²) >= 11 is 0. The fraction of sp³-hybridized carbons (Fsp3) is 0.588. The monoisotopic (exact) mass is 410 g/mol. The summed E-state index contributed by atoms with van der Waals surface area (Å²) in [5, 5.41) is 0. The zero-order valence-corrected chi connectivity index (χ0v) is 15.9. The van der Waals surface area contributed by atoms with Gasteiger partial charge >= 0.3 is 6.18 Å². The van der Waals surface area contributed by atoms with E-state index in [1.807, 2.05) is 13.8 Å². The predicted octanol–water partition coefficient (Wildman–Crippen LogP) is 3.11. The minimum atomic E-state index is -4.78. The molecule has 1 aliphatic rings. The number of amides is 1. The molecule has 2 rings (SSSR count). The van der Waals surface area contributed by atoms with E-state index in [4.69, 9.17) is 0 Å². The Kier molecular flexibility index (Phi) is 6.51. The second-order valence-corrected chi connectivity index (χ2v) is 8.77. The quantitative estimate of drug-likeness (QED) is 0.701. The van der Waals surface area contributed by atoms with Crippen molar-refractivity contribution in [3.63, 3.8) is 0 Å². The van der Waals surface area contributed by atoms with Crippen molar-refractivity contribution in [3.8, 4) is 0 Å². The van der Waals surface area contributed by atoms with Crippen LogP contribution in [0.2, 0.25) is 0 Å². The largest absolute Gasteiger partial charge is 0.416 e. The molecule has 0 unspecified atom stereocenters. The standard InChI is InChI=1S/C17H22F4N2O3S/c1-12(2)3-6-16(24)22-7-9-23(10-8-22)27(25,26)15-11-13(17(19,20)21)4-5-14(15)18/h4-5,11-12H,3,6-10H2,1-2H3. The number of halogens is 4. The van der Waals surface area contributed by atoms with Crippen molar-refractivity contribution in [2.45, 2.75) is 37.8 Å². The van der Waals surface area contributed by atoms with E-state index in [0.29, 0.717) is 37.0 Å². The minimum absolute atomic E-state index is 0.0917. The van der Waals surface area contributed by atoms with Crippen molar-refractivity contribution >= 4 is 15.9 Å². The van der Waals surface area contributed by atoms with E-state index in [1.54, 1.807) is 0 Å². The van der Waals surface area contributed by atoms with Crippen molar-refractivity contribution in [3.05, 3.63) is 29.6 Å². The molecule has 0 radical (unpaired) electrons. The van der Waals surface area contributed by atoms with E-state index in [-0.39, 0.29) is 32.1 Å². The molecule has 5 nitrogen and oxygen atoms in total. The zero-order chi connectivity index (χ0) is 20.4. The molecule has 0 atom stereocenters. The average Bonchev–Trinajstić information content (AvgIpc) is 2.59. The van der Waals surface area contributed by atoms with Gasteiger partial charge in [-0.2, -0.15) is 17.5 Å². The van der Waals surface area contributed by atoms with Gasteiger partial charge < -0.3 is 4.90 Å². The SMILES string of the molecule is CC(C)CCC(=O)N1CCN(S(=O)(=O)c2cc(C(F)(F)F)ccc2F)CC1. The van der Waals surface area contributed by atoms with Crippen LogP contribution in [0.3, 0.4) is 0 Å². The molecule has 10 heteroatoms. The van der Waals surface area contributed by atoms with Gasteiger partial charge in [0.25, 0.3) is 0 Å². The molecule has 1 fully saturated rings. The molecule has 1 aromatic rings. The highest BCUT2D eigenvalue weighted by Gasteiger charge is 2.36. The molecular formula is C17H22F4N2O3S. The first-order valence-electron chi connectivity index (χ1n) is 8.57. The van der Waals surface area contributed by atoms with Crippen molar-refractivity contribution in [1.29, 1.82) is 0 Å². The summed E-state index contributed by atoms with van der Waals surface area (Å²) in [4.78, 5) is 12.6. The molecule has 1 amide bonds. The third-order valence-corrected chi connectivity index (χ3v) is 6.32. The Labute approximate surface area is 156 Å². The van der Waals surface area contributed by atoms with Gasteiger partial charge in [-0.1, -0.05) is 13.8 Å². The lowest BCUT2D eigenvalue weighted by Crippen LogP contribution is -2.50. The first kappa shape index (κ1) is 21.6. The Bertz CT molecular complexity index is 786. The van der Waals surface area contributed by atoms with Crippen LogP contribution >= 0.6 is 0 Å². The van der Waals surface area contributed by atoms with E-state index < -0.39 is 32.5 Å². The van der Waals surface area contributed by atoms with E-state index >= 15 is 0 Å². The van der Waals surface area contributed by atoms with Gasteiger partial charge in [0.2, 0.25) is 15.9 Å². The Morgan fingerprint density at radius 3 is 2.26 bits per heavy atom. The van der Waals surface area contributed by atoms with Crippen LogP contribution in [0.1, 0.15) is 32.3 Å². The zero-order valence-electron chi connectivity index (χ0n) is 15.1. The lowest BCUT2D eigenvalue weighted by molar-refractivity contribution is -0.137. The van der Waals surface area contributed by atoms with Crippen LogP contribution in [-0.2, 0) is 21.0 Å². The molecule has 0 aromatic heterocycles. The highest BCUT2D eigenvalue weighted by Crippen LogP contribution is 2.32. The number of hydrogen-bond acceptors (Lipinski definition) is 3. The second kappa shape index (κ2) is 8.14. The Balaban J connectivity index is 2.12. The van der Waals surface area contributed by atoms with Crippen molar-refractivity contribution in [2.24, 2.45) is 5.92 Å². The highest BCUT2D eigenvalue weighted by atomic mass is 32.2. The van der Waals surface area contributed by atoms with Crippen LogP contribution in [-0.4, -0.2) is 49.7 Å². The first-order chi connectivity index (χ1) is 12.4. The lowest BCUT2D eigenvalue weighted by atomic mass is 10.1. The number of alkyl halides is 3. The molecule has 1 heterocycles. The number of carbonyl (C=O) groups excluding carboxylic acids is 1. The number of hydrogen-bond donors (Lipinski definition) is 0. The van der Waals surface area contributed by atoms with E-state index in [0.717, 1.165) is 4.31 Å². The summed E-state index contributed by atoms with van der Waals surface area (Å²) in [5.74, 6) is -0.969. The van der Waals surface area contributed by atoms with Crippen LogP contribution in [0.5, 0.6) is 0 Å². The smallest absolute Gasteiger partial charge is 0.340 e. The normalized spacial score (nSPS) is 16.8. The van der Waals surface area contributed by atoms with Crippen LogP contribution in [0.15, 0.2) is 23.1 Å². The molecule has 27 heavy (non-hydrogen) atoms. The topological polar surface area (TPSA) is 57.7 Å². The van der Waals surface area contributed by atoms with E-state index in [9.17, 15) is 30.8 Å². The maximum absolute atomic E-state index is 14.0. The molecule has 152 valence electrons. The maximum atomic E-state index is 14.0. The number of nitrogens with zero attached hydrogens (tertiary/aromatic N) is 2. The molecule has 1 aromatic carbocycles. The Hall–Kier alpha value is -1.68. The van der Waals surface area contributed by atoms with E-state index in [1.165, 1.54) is 4.90 Å². The summed E-state index contributed by atoms with van der Waals surface area (Å²) in [5.41, 5.74) is -1.23. The average molecular weight is 410 g/mol. The predicted molar refractivity (Wildman–Crippen MR) is 90.8 cm³/mol. The van der Waals surface area contributed by atoms with E-state index in [2.05, 4.69) is 0 Å². The van der Waals surface area contributed by atoms with Gasteiger partial charge in [-0.15, -0.1) is 0 Å². The van der Waals surface area contributed by atoms with Crippen LogP contribution in [0.25, 0.3) is 0 Å². The van der Waals surface area contributed by atoms with Crippen LogP contribution in [0, 0.1) is 11.7 Å². The summed E-state index contributed by atoms with van der Waals surface area (Å²) < 4.78 is 78.5. The van der Waals surface area contributed by atoms with Crippen molar-refractivity contribution < 1.29 is 30.8 Å². The summed E-state index contributed by atoms with van der Waals surface area (Å²) in [6, 6.07) is 1.31. The third-order valence-electron chi connectivity index (χ3n) is 4.40. The number of piperazine rings is 1. The minimum Gasteiger partial charge on any atom is -0.340 e. The summed E-state index contributed by atoms with van der Waals surface area (Å²) in [6.07, 6.45) is -3.71. The number of benzene rings is 1. The third kappa shape index (κ3) is 5.19. The van der Waals surface area contributed by atoms with Gasteiger partial charge in [0.05, 0.1) is 5.56 Å². The molecule has 1 saturated heterocycles. The number of carbonyl (C=O) groups is 1. The van der Waals surface area contributed by atoms with Crippen molar-refractivity contribution in [1.82, 2.24) is 9.21 Å². The molecular weight excluding hydrogens is 388 g/mol. The molecule has 0 bridgehead atoms. The second-order valence-electron chi connectivity index (χ2n) is 6.86. The fourth-order valence-electron chi connectivity index (χ4n) is 2.76. The van der Waals surface area contributed by atoms with Gasteiger partial charge in [0, 0.05) is 32.6 Å². The van der Waals surface area contributed by atoms with Crippen LogP contribution < -0.4 is 0 Å². The molecule has 0 N–H and O–H groups in total. The maximum Gasteiger partial charge on any atom is 0.416 e. The summed E-state index contributed by atoms with van der Waals surface area (Å²) in [7, 11) is -4.43. The summed E-state index contributed by atoms with van der Waals surface area (Å²) in [6.45, 7) is 4.03. The highest BCUT2D eigenvalue weighted by molar-refractivity contribution is 7.89. The molecule has 0 aliphatic carbocycles. The molecule has 1 aliphatic heterocycles. The molecule has 0 saturated carbocycles. The van der Waals surface area contributed by atoms with Gasteiger partial charge in [0.1, 0.15) is 10.7 Å². The lowest BCUT2D eigenvalue weighted by Gasteiger charge is -2.34. The Morgan fingerprint density at radius 2 is 1.74 bits per heavy atom.